The second-order valence-electron chi connectivity index (χ2n) is 2.37. The van der Waals surface area contributed by atoms with Crippen LogP contribution in [0, 0.1) is 0 Å². The van der Waals surface area contributed by atoms with E-state index >= 15 is 0 Å². The van der Waals surface area contributed by atoms with Gasteiger partial charge in [0.05, 0.1) is 11.5 Å². The Balaban J connectivity index is 2.13. The lowest BCUT2D eigenvalue weighted by Crippen LogP contribution is -2.37. The van der Waals surface area contributed by atoms with Crippen molar-refractivity contribution >= 4 is 12.6 Å². The van der Waals surface area contributed by atoms with Gasteiger partial charge in [-0.05, 0) is 19.8 Å². The topological polar surface area (TPSA) is 9.23 Å². The zero-order valence-corrected chi connectivity index (χ0v) is 6.27. The zero-order chi connectivity index (χ0) is 6.85. The highest BCUT2D eigenvalue weighted by molar-refractivity contribution is 7.80. The van der Waals surface area contributed by atoms with Crippen molar-refractivity contribution in [3.05, 3.63) is 0 Å². The first-order chi connectivity index (χ1) is 4.20. The molecular weight excluding hydrogens is 139 g/mol. The van der Waals surface area contributed by atoms with Crippen LogP contribution in [-0.2, 0) is 4.74 Å². The third-order valence-corrected chi connectivity index (χ3v) is 1.62. The summed E-state index contributed by atoms with van der Waals surface area (Å²) < 4.78 is 17.5. The average molecular weight is 150 g/mol. The van der Waals surface area contributed by atoms with Gasteiger partial charge in [0, 0.05) is 0 Å². The minimum atomic E-state index is -0.736. The van der Waals surface area contributed by atoms with Crippen molar-refractivity contribution in [2.45, 2.75) is 37.5 Å². The molecule has 0 N–H and O–H groups in total. The Hall–Kier alpha value is 0.240. The summed E-state index contributed by atoms with van der Waals surface area (Å²) in [6.07, 6.45) is 0.606. The Labute approximate surface area is 60.0 Å². The van der Waals surface area contributed by atoms with E-state index < -0.39 is 6.17 Å². The van der Waals surface area contributed by atoms with E-state index in [1.165, 1.54) is 0 Å². The second-order valence-corrected chi connectivity index (χ2v) is 3.09. The number of ether oxygens (including phenoxy) is 1. The van der Waals surface area contributed by atoms with Crippen LogP contribution < -0.4 is 0 Å². The van der Waals surface area contributed by atoms with Crippen molar-refractivity contribution in [3.8, 4) is 0 Å². The summed E-state index contributed by atoms with van der Waals surface area (Å²) in [7, 11) is 0. The molecule has 1 nitrogen and oxygen atoms in total. The number of thiol groups is 1. The number of halogens is 1. The summed E-state index contributed by atoms with van der Waals surface area (Å²) in [6.45, 7) is 1.80. The number of rotatable bonds is 2. The van der Waals surface area contributed by atoms with Crippen LogP contribution in [0.1, 0.15) is 19.8 Å². The van der Waals surface area contributed by atoms with Gasteiger partial charge in [0.15, 0.2) is 0 Å². The number of alkyl halides is 1. The first-order valence-corrected chi connectivity index (χ1v) is 3.69. The Kier molecular flexibility index (Phi) is 2.35. The summed E-state index contributed by atoms with van der Waals surface area (Å²) >= 11 is 3.98. The molecule has 0 amide bonds. The van der Waals surface area contributed by atoms with E-state index in [0.29, 0.717) is 6.42 Å². The zero-order valence-electron chi connectivity index (χ0n) is 5.38. The van der Waals surface area contributed by atoms with E-state index in [9.17, 15) is 4.39 Å². The standard InChI is InChI=1S/C6H11FOS/c1-4(9)8-6-3-2-5(6)7/h4-6,9H,2-3H2,1H3/t4-,5?,6?/m1/s1. The van der Waals surface area contributed by atoms with E-state index in [0.717, 1.165) is 6.42 Å². The maximum absolute atomic E-state index is 12.4. The fraction of sp³-hybridized carbons (Fsp3) is 1.00. The lowest BCUT2D eigenvalue weighted by atomic mass is 9.94. The summed E-state index contributed by atoms with van der Waals surface area (Å²) in [5.74, 6) is 0. The fourth-order valence-electron chi connectivity index (χ4n) is 0.835. The molecule has 0 aliphatic heterocycles. The van der Waals surface area contributed by atoms with Crippen LogP contribution in [0.2, 0.25) is 0 Å². The van der Waals surface area contributed by atoms with Crippen LogP contribution in [-0.4, -0.2) is 17.7 Å². The molecule has 1 rings (SSSR count). The van der Waals surface area contributed by atoms with E-state index in [1.54, 1.807) is 6.92 Å². The Morgan fingerprint density at radius 3 is 2.44 bits per heavy atom. The molecular formula is C6H11FOS. The summed E-state index contributed by atoms with van der Waals surface area (Å²) in [4.78, 5) is 0. The maximum Gasteiger partial charge on any atom is 0.126 e. The van der Waals surface area contributed by atoms with Crippen molar-refractivity contribution in [3.63, 3.8) is 0 Å². The second kappa shape index (κ2) is 2.88. The van der Waals surface area contributed by atoms with Gasteiger partial charge >= 0.3 is 0 Å². The molecule has 0 aromatic rings. The van der Waals surface area contributed by atoms with E-state index in [1.807, 2.05) is 0 Å². The van der Waals surface area contributed by atoms with Crippen LogP contribution in [0.3, 0.4) is 0 Å². The molecule has 3 atom stereocenters. The van der Waals surface area contributed by atoms with E-state index in [2.05, 4.69) is 12.6 Å². The van der Waals surface area contributed by atoms with Crippen LogP contribution >= 0.6 is 12.6 Å². The molecule has 0 bridgehead atoms. The first kappa shape index (κ1) is 7.35. The highest BCUT2D eigenvalue weighted by Gasteiger charge is 2.32. The molecule has 0 spiro atoms. The Morgan fingerprint density at radius 2 is 2.33 bits per heavy atom. The molecule has 9 heavy (non-hydrogen) atoms. The maximum atomic E-state index is 12.4. The van der Waals surface area contributed by atoms with Gasteiger partial charge in [0.25, 0.3) is 0 Å². The molecule has 0 aromatic carbocycles. The molecule has 0 heterocycles. The van der Waals surface area contributed by atoms with Gasteiger partial charge in [-0.15, -0.1) is 12.6 Å². The van der Waals surface area contributed by atoms with Crippen molar-refractivity contribution in [2.75, 3.05) is 0 Å². The molecule has 0 radical (unpaired) electrons. The van der Waals surface area contributed by atoms with Gasteiger partial charge in [0.1, 0.15) is 6.17 Å². The van der Waals surface area contributed by atoms with Gasteiger partial charge in [-0.2, -0.15) is 0 Å². The highest BCUT2D eigenvalue weighted by Crippen LogP contribution is 2.27. The predicted molar refractivity (Wildman–Crippen MR) is 37.5 cm³/mol. The Bertz CT molecular complexity index is 97.1. The van der Waals surface area contributed by atoms with Crippen LogP contribution in [0.15, 0.2) is 0 Å². The normalized spacial score (nSPS) is 37.7. The van der Waals surface area contributed by atoms with Gasteiger partial charge < -0.3 is 4.74 Å². The van der Waals surface area contributed by atoms with Crippen LogP contribution in [0.4, 0.5) is 4.39 Å². The smallest absolute Gasteiger partial charge is 0.126 e. The predicted octanol–water partition coefficient (Wildman–Crippen LogP) is 1.78. The van der Waals surface area contributed by atoms with Gasteiger partial charge in [-0.1, -0.05) is 0 Å². The molecule has 0 aromatic heterocycles. The summed E-state index contributed by atoms with van der Waals surface area (Å²) in [5, 5.41) is 0. The van der Waals surface area contributed by atoms with Crippen molar-refractivity contribution in [2.24, 2.45) is 0 Å². The van der Waals surface area contributed by atoms with Gasteiger partial charge in [-0.25, -0.2) is 4.39 Å². The fourth-order valence-corrected chi connectivity index (χ4v) is 0.991. The summed E-state index contributed by atoms with van der Waals surface area (Å²) in [5.41, 5.74) is -0.131. The summed E-state index contributed by atoms with van der Waals surface area (Å²) in [6, 6.07) is 0. The molecule has 1 aliphatic rings. The molecule has 2 unspecified atom stereocenters. The third kappa shape index (κ3) is 1.83. The number of hydrogen-bond donors (Lipinski definition) is 1. The molecule has 1 fully saturated rings. The third-order valence-electron chi connectivity index (χ3n) is 1.50. The first-order valence-electron chi connectivity index (χ1n) is 3.18. The SMILES string of the molecule is C[C@@H](S)OC1CCC1F. The molecule has 1 saturated carbocycles. The van der Waals surface area contributed by atoms with Crippen molar-refractivity contribution < 1.29 is 9.13 Å². The van der Waals surface area contributed by atoms with E-state index in [4.69, 9.17) is 4.74 Å². The van der Waals surface area contributed by atoms with Crippen molar-refractivity contribution in [1.82, 2.24) is 0 Å². The molecule has 0 saturated heterocycles. The minimum Gasteiger partial charge on any atom is -0.362 e. The van der Waals surface area contributed by atoms with E-state index in [-0.39, 0.29) is 11.5 Å². The van der Waals surface area contributed by atoms with Crippen LogP contribution in [0.5, 0.6) is 0 Å². The van der Waals surface area contributed by atoms with Gasteiger partial charge in [-0.3, -0.25) is 0 Å². The Morgan fingerprint density at radius 1 is 1.67 bits per heavy atom. The lowest BCUT2D eigenvalue weighted by Gasteiger charge is -2.31. The monoisotopic (exact) mass is 150 g/mol. The van der Waals surface area contributed by atoms with Crippen LogP contribution in [0.25, 0.3) is 0 Å². The average Bonchev–Trinajstić information content (AvgIpc) is 1.79. The molecule has 3 heteroatoms. The lowest BCUT2D eigenvalue weighted by molar-refractivity contribution is -0.0652. The largest absolute Gasteiger partial charge is 0.362 e. The quantitative estimate of drug-likeness (QED) is 0.466. The number of hydrogen-bond acceptors (Lipinski definition) is 2. The highest BCUT2D eigenvalue weighted by atomic mass is 32.1. The minimum absolute atomic E-state index is 0.131. The van der Waals surface area contributed by atoms with Crippen molar-refractivity contribution in [1.29, 1.82) is 0 Å². The molecule has 54 valence electrons. The molecule has 1 aliphatic carbocycles. The van der Waals surface area contributed by atoms with Gasteiger partial charge in [0.2, 0.25) is 0 Å².